The average Bonchev–Trinajstić information content (AvgIpc) is 3.26. The van der Waals surface area contributed by atoms with Gasteiger partial charge in [0.25, 0.3) is 5.78 Å². The minimum atomic E-state index is -0.492. The molecule has 4 heterocycles. The Labute approximate surface area is 143 Å². The summed E-state index contributed by atoms with van der Waals surface area (Å²) in [6, 6.07) is 6.02. The summed E-state index contributed by atoms with van der Waals surface area (Å²) >= 11 is 1.58. The lowest BCUT2D eigenvalue weighted by atomic mass is 10.1. The quantitative estimate of drug-likeness (QED) is 0.777. The Morgan fingerprint density at radius 3 is 3.25 bits per heavy atom. The summed E-state index contributed by atoms with van der Waals surface area (Å²) in [6.45, 7) is 3.94. The highest BCUT2D eigenvalue weighted by Crippen LogP contribution is 2.28. The minimum Gasteiger partial charge on any atom is -0.387 e. The molecule has 126 valence electrons. The van der Waals surface area contributed by atoms with Crippen LogP contribution in [0.1, 0.15) is 23.1 Å². The number of aliphatic hydroxyl groups is 1. The first kappa shape index (κ1) is 15.5. The Bertz CT molecular complexity index is 819. The maximum absolute atomic E-state index is 10.5. The molecule has 8 heteroatoms. The number of rotatable bonds is 4. The van der Waals surface area contributed by atoms with Gasteiger partial charge in [0.2, 0.25) is 0 Å². The van der Waals surface area contributed by atoms with Crippen molar-refractivity contribution in [2.24, 2.45) is 0 Å². The van der Waals surface area contributed by atoms with Crippen molar-refractivity contribution in [1.82, 2.24) is 19.6 Å². The number of anilines is 1. The van der Waals surface area contributed by atoms with E-state index >= 15 is 0 Å². The summed E-state index contributed by atoms with van der Waals surface area (Å²) in [7, 11) is 0. The van der Waals surface area contributed by atoms with Crippen LogP contribution in [0.5, 0.6) is 0 Å². The third kappa shape index (κ3) is 2.88. The molecule has 0 bridgehead atoms. The smallest absolute Gasteiger partial charge is 0.254 e. The van der Waals surface area contributed by atoms with Crippen LogP contribution >= 0.6 is 11.3 Å². The third-order valence-corrected chi connectivity index (χ3v) is 5.22. The molecule has 0 unspecified atom stereocenters. The van der Waals surface area contributed by atoms with Crippen molar-refractivity contribution in [1.29, 1.82) is 0 Å². The highest BCUT2D eigenvalue weighted by Gasteiger charge is 2.28. The normalized spacial score (nSPS) is 19.8. The predicted octanol–water partition coefficient (Wildman–Crippen LogP) is 1.82. The minimum absolute atomic E-state index is 0.0741. The molecule has 4 rings (SSSR count). The summed E-state index contributed by atoms with van der Waals surface area (Å²) in [4.78, 5) is 11.8. The van der Waals surface area contributed by atoms with Gasteiger partial charge in [-0.2, -0.15) is 14.6 Å². The van der Waals surface area contributed by atoms with E-state index in [2.05, 4.69) is 20.0 Å². The fourth-order valence-corrected chi connectivity index (χ4v) is 3.85. The number of morpholine rings is 1. The van der Waals surface area contributed by atoms with Gasteiger partial charge in [0.15, 0.2) is 0 Å². The van der Waals surface area contributed by atoms with Crippen LogP contribution in [0.25, 0.3) is 5.78 Å². The highest BCUT2D eigenvalue weighted by molar-refractivity contribution is 7.10. The summed E-state index contributed by atoms with van der Waals surface area (Å²) in [5, 5.41) is 16.8. The van der Waals surface area contributed by atoms with E-state index in [0.717, 1.165) is 22.9 Å². The molecule has 0 aromatic carbocycles. The molecular formula is C16H19N5O2S. The van der Waals surface area contributed by atoms with Crippen molar-refractivity contribution in [3.05, 3.63) is 40.5 Å². The SMILES string of the molecule is Cc1cc(N2CCOC[C@@H]2C[C@H](O)c2cccs2)n2ncnc2n1. The van der Waals surface area contributed by atoms with Crippen molar-refractivity contribution in [3.8, 4) is 0 Å². The van der Waals surface area contributed by atoms with Crippen molar-refractivity contribution < 1.29 is 9.84 Å². The van der Waals surface area contributed by atoms with Crippen molar-refractivity contribution in [3.63, 3.8) is 0 Å². The second kappa shape index (κ2) is 6.46. The van der Waals surface area contributed by atoms with Crippen LogP contribution in [0.3, 0.4) is 0 Å². The fraction of sp³-hybridized carbons (Fsp3) is 0.438. The van der Waals surface area contributed by atoms with Gasteiger partial charge in [0.1, 0.15) is 12.1 Å². The average molecular weight is 345 g/mol. The Balaban J connectivity index is 1.65. The number of hydrogen-bond donors (Lipinski definition) is 1. The lowest BCUT2D eigenvalue weighted by Gasteiger charge is -2.38. The summed E-state index contributed by atoms with van der Waals surface area (Å²) < 4.78 is 7.42. The van der Waals surface area contributed by atoms with Crippen LogP contribution in [0.2, 0.25) is 0 Å². The summed E-state index contributed by atoms with van der Waals surface area (Å²) in [5.74, 6) is 1.54. The standard InChI is InChI=1S/C16H19N5O2S/c1-11-7-15(21-16(19-11)17-10-18-21)20-4-5-23-9-12(20)8-13(22)14-3-2-6-24-14/h2-3,6-7,10,12-13,22H,4-5,8-9H2,1H3/t12-,13-/m0/s1. The van der Waals surface area contributed by atoms with E-state index in [1.54, 1.807) is 15.9 Å². The van der Waals surface area contributed by atoms with Crippen LogP contribution in [0.4, 0.5) is 5.82 Å². The molecule has 3 aromatic heterocycles. The molecule has 1 saturated heterocycles. The lowest BCUT2D eigenvalue weighted by Crippen LogP contribution is -2.47. The van der Waals surface area contributed by atoms with Crippen molar-refractivity contribution in [2.75, 3.05) is 24.7 Å². The molecule has 0 spiro atoms. The van der Waals surface area contributed by atoms with Crippen LogP contribution in [-0.2, 0) is 4.74 Å². The topological polar surface area (TPSA) is 75.8 Å². The first-order valence-electron chi connectivity index (χ1n) is 7.95. The van der Waals surface area contributed by atoms with Crippen LogP contribution < -0.4 is 4.90 Å². The molecule has 1 N–H and O–H groups in total. The number of thiophene rings is 1. The Kier molecular flexibility index (Phi) is 4.17. The van der Waals surface area contributed by atoms with Crippen molar-refractivity contribution >= 4 is 22.9 Å². The second-order valence-electron chi connectivity index (χ2n) is 5.92. The molecule has 3 aromatic rings. The molecule has 0 aliphatic carbocycles. The van der Waals surface area contributed by atoms with E-state index in [1.807, 2.05) is 30.5 Å². The van der Waals surface area contributed by atoms with E-state index in [9.17, 15) is 5.11 Å². The first-order valence-corrected chi connectivity index (χ1v) is 8.83. The van der Waals surface area contributed by atoms with Crippen LogP contribution in [0, 0.1) is 6.92 Å². The molecule has 1 aliphatic rings. The molecule has 24 heavy (non-hydrogen) atoms. The molecule has 0 radical (unpaired) electrons. The molecule has 1 fully saturated rings. The zero-order valence-electron chi connectivity index (χ0n) is 13.4. The molecule has 7 nitrogen and oxygen atoms in total. The largest absolute Gasteiger partial charge is 0.387 e. The molecule has 0 saturated carbocycles. The monoisotopic (exact) mass is 345 g/mol. The maximum atomic E-state index is 10.5. The Hall–Kier alpha value is -2.03. The number of aryl methyl sites for hydroxylation is 1. The van der Waals surface area contributed by atoms with E-state index < -0.39 is 6.10 Å². The van der Waals surface area contributed by atoms with Crippen molar-refractivity contribution in [2.45, 2.75) is 25.5 Å². The molecule has 2 atom stereocenters. The fourth-order valence-electron chi connectivity index (χ4n) is 3.12. The lowest BCUT2D eigenvalue weighted by molar-refractivity contribution is 0.0682. The molecular weight excluding hydrogens is 326 g/mol. The van der Waals surface area contributed by atoms with E-state index in [1.165, 1.54) is 6.33 Å². The predicted molar refractivity (Wildman–Crippen MR) is 91.4 cm³/mol. The van der Waals surface area contributed by atoms with E-state index in [-0.39, 0.29) is 6.04 Å². The van der Waals surface area contributed by atoms with Gasteiger partial charge in [0, 0.05) is 29.6 Å². The van der Waals surface area contributed by atoms with Crippen LogP contribution in [-0.4, -0.2) is 50.5 Å². The van der Waals surface area contributed by atoms with Crippen LogP contribution in [0.15, 0.2) is 29.9 Å². The number of fused-ring (bicyclic) bond motifs is 1. The van der Waals surface area contributed by atoms with Gasteiger partial charge in [-0.05, 0) is 18.4 Å². The van der Waals surface area contributed by atoms with E-state index in [4.69, 9.17) is 4.74 Å². The summed E-state index contributed by atoms with van der Waals surface area (Å²) in [6.07, 6.45) is 1.63. The maximum Gasteiger partial charge on any atom is 0.254 e. The van der Waals surface area contributed by atoms with Gasteiger partial charge in [-0.25, -0.2) is 4.98 Å². The van der Waals surface area contributed by atoms with Gasteiger partial charge < -0.3 is 14.7 Å². The van der Waals surface area contributed by atoms with Gasteiger partial charge in [-0.15, -0.1) is 11.3 Å². The Morgan fingerprint density at radius 2 is 2.42 bits per heavy atom. The molecule has 0 amide bonds. The Morgan fingerprint density at radius 1 is 1.50 bits per heavy atom. The first-order chi connectivity index (χ1) is 11.7. The zero-order valence-corrected chi connectivity index (χ0v) is 14.2. The van der Waals surface area contributed by atoms with Gasteiger partial charge in [-0.3, -0.25) is 0 Å². The molecule has 1 aliphatic heterocycles. The number of hydrogen-bond acceptors (Lipinski definition) is 7. The number of nitrogens with zero attached hydrogens (tertiary/aromatic N) is 5. The third-order valence-electron chi connectivity index (χ3n) is 4.25. The highest BCUT2D eigenvalue weighted by atomic mass is 32.1. The van der Waals surface area contributed by atoms with E-state index in [0.29, 0.717) is 25.4 Å². The van der Waals surface area contributed by atoms with Gasteiger partial charge >= 0.3 is 0 Å². The van der Waals surface area contributed by atoms with Gasteiger partial charge in [-0.1, -0.05) is 6.07 Å². The zero-order chi connectivity index (χ0) is 16.5. The van der Waals surface area contributed by atoms with Gasteiger partial charge in [0.05, 0.1) is 25.4 Å². The number of ether oxygens (including phenoxy) is 1. The second-order valence-corrected chi connectivity index (χ2v) is 6.90. The number of aromatic nitrogens is 4. The number of aliphatic hydroxyl groups excluding tert-OH is 1. The summed E-state index contributed by atoms with van der Waals surface area (Å²) in [5.41, 5.74) is 0.898.